The van der Waals surface area contributed by atoms with E-state index in [2.05, 4.69) is 33.0 Å². The highest BCUT2D eigenvalue weighted by Crippen LogP contribution is 2.23. The molecule has 2 aromatic rings. The molecule has 0 amide bonds. The molecule has 1 atom stereocenters. The zero-order valence-corrected chi connectivity index (χ0v) is 15.8. The molecule has 0 spiro atoms. The summed E-state index contributed by atoms with van der Waals surface area (Å²) in [6.45, 7) is 8.13. The third kappa shape index (κ3) is 3.77. The molecular formula is C20H29N5O. The maximum absolute atomic E-state index is 5.45. The highest BCUT2D eigenvalue weighted by molar-refractivity contribution is 5.46. The zero-order valence-electron chi connectivity index (χ0n) is 15.8. The van der Waals surface area contributed by atoms with Crippen LogP contribution in [0, 0.1) is 0 Å². The van der Waals surface area contributed by atoms with Crippen LogP contribution < -0.4 is 4.74 Å². The van der Waals surface area contributed by atoms with Crippen LogP contribution in [-0.2, 0) is 6.54 Å². The molecule has 2 aliphatic heterocycles. The first kappa shape index (κ1) is 17.5. The van der Waals surface area contributed by atoms with Gasteiger partial charge in [-0.05, 0) is 25.6 Å². The van der Waals surface area contributed by atoms with E-state index in [4.69, 9.17) is 4.74 Å². The molecule has 0 N–H and O–H groups in total. The van der Waals surface area contributed by atoms with Gasteiger partial charge >= 0.3 is 0 Å². The molecule has 2 fully saturated rings. The van der Waals surface area contributed by atoms with E-state index >= 15 is 0 Å². The highest BCUT2D eigenvalue weighted by Gasteiger charge is 2.29. The van der Waals surface area contributed by atoms with Gasteiger partial charge < -0.3 is 9.64 Å². The fourth-order valence-electron chi connectivity index (χ4n) is 4.09. The van der Waals surface area contributed by atoms with Crippen LogP contribution in [-0.4, -0.2) is 83.9 Å². The summed E-state index contributed by atoms with van der Waals surface area (Å²) in [6, 6.07) is 8.72. The maximum Gasteiger partial charge on any atom is 0.144 e. The smallest absolute Gasteiger partial charge is 0.144 e. The molecule has 0 bridgehead atoms. The van der Waals surface area contributed by atoms with Crippen molar-refractivity contribution in [3.8, 4) is 11.4 Å². The Kier molecular flexibility index (Phi) is 5.24. The van der Waals surface area contributed by atoms with Crippen molar-refractivity contribution in [1.29, 1.82) is 0 Å². The van der Waals surface area contributed by atoms with E-state index in [9.17, 15) is 0 Å². The van der Waals surface area contributed by atoms with Crippen molar-refractivity contribution in [2.24, 2.45) is 0 Å². The summed E-state index contributed by atoms with van der Waals surface area (Å²) in [5, 5.41) is 4.55. The number of ether oxygens (including phenoxy) is 1. The standard InChI is InChI=1S/C20H29N5O/c1-22-9-11-24(12-10-22)18-7-8-23(16-18)14-17-13-21-25(15-17)19-5-3-4-6-20(19)26-2/h3-6,13,15,18H,7-12,14,16H2,1-2H3/t18-/m0/s1. The molecule has 0 radical (unpaired) electrons. The van der Waals surface area contributed by atoms with Crippen LogP contribution >= 0.6 is 0 Å². The molecule has 0 saturated carbocycles. The van der Waals surface area contributed by atoms with Gasteiger partial charge in [-0.2, -0.15) is 5.10 Å². The second-order valence-electron chi connectivity index (χ2n) is 7.48. The molecule has 1 aromatic carbocycles. The first-order valence-electron chi connectivity index (χ1n) is 9.55. The predicted molar refractivity (Wildman–Crippen MR) is 103 cm³/mol. The summed E-state index contributed by atoms with van der Waals surface area (Å²) >= 11 is 0. The molecule has 0 aliphatic carbocycles. The van der Waals surface area contributed by atoms with Gasteiger partial charge in [0.05, 0.1) is 13.3 Å². The Hall–Kier alpha value is -1.89. The first-order valence-corrected chi connectivity index (χ1v) is 9.55. The Balaban J connectivity index is 1.36. The number of benzene rings is 1. The number of para-hydroxylation sites is 2. The van der Waals surface area contributed by atoms with Gasteiger partial charge in [-0.25, -0.2) is 4.68 Å². The van der Waals surface area contributed by atoms with Crippen LogP contribution in [0.2, 0.25) is 0 Å². The molecule has 26 heavy (non-hydrogen) atoms. The lowest BCUT2D eigenvalue weighted by Gasteiger charge is -2.36. The highest BCUT2D eigenvalue weighted by atomic mass is 16.5. The molecular weight excluding hydrogens is 326 g/mol. The van der Waals surface area contributed by atoms with Crippen LogP contribution in [0.25, 0.3) is 5.69 Å². The van der Waals surface area contributed by atoms with Crippen molar-refractivity contribution in [3.63, 3.8) is 0 Å². The Morgan fingerprint density at radius 2 is 1.92 bits per heavy atom. The van der Waals surface area contributed by atoms with Gasteiger partial charge in [-0.3, -0.25) is 9.80 Å². The van der Waals surface area contributed by atoms with Crippen LogP contribution in [0.5, 0.6) is 5.75 Å². The van der Waals surface area contributed by atoms with Gasteiger partial charge in [-0.1, -0.05) is 12.1 Å². The summed E-state index contributed by atoms with van der Waals surface area (Å²) in [5.74, 6) is 0.846. The van der Waals surface area contributed by atoms with Crippen LogP contribution in [0.15, 0.2) is 36.7 Å². The van der Waals surface area contributed by atoms with Crippen LogP contribution in [0.3, 0.4) is 0 Å². The fraction of sp³-hybridized carbons (Fsp3) is 0.550. The normalized spacial score (nSPS) is 22.8. The SMILES string of the molecule is COc1ccccc1-n1cc(CN2CC[C@H](N3CCN(C)CC3)C2)cn1. The Labute approximate surface area is 155 Å². The molecule has 2 saturated heterocycles. The van der Waals surface area contributed by atoms with Crippen LogP contribution in [0.1, 0.15) is 12.0 Å². The van der Waals surface area contributed by atoms with Crippen molar-refractivity contribution < 1.29 is 4.74 Å². The third-order valence-electron chi connectivity index (χ3n) is 5.68. The minimum atomic E-state index is 0.716. The van der Waals surface area contributed by atoms with Gasteiger partial charge in [-0.15, -0.1) is 0 Å². The van der Waals surface area contributed by atoms with Gasteiger partial charge in [0.2, 0.25) is 0 Å². The maximum atomic E-state index is 5.45. The quantitative estimate of drug-likeness (QED) is 0.816. The van der Waals surface area contributed by atoms with Crippen molar-refractivity contribution in [2.45, 2.75) is 19.0 Å². The van der Waals surface area contributed by atoms with Crippen molar-refractivity contribution in [2.75, 3.05) is 53.4 Å². The monoisotopic (exact) mass is 355 g/mol. The average molecular weight is 355 g/mol. The lowest BCUT2D eigenvalue weighted by molar-refractivity contribution is 0.112. The number of likely N-dealkylation sites (tertiary alicyclic amines) is 1. The summed E-state index contributed by atoms with van der Waals surface area (Å²) < 4.78 is 7.37. The van der Waals surface area contributed by atoms with Gasteiger partial charge in [0.15, 0.2) is 0 Å². The van der Waals surface area contributed by atoms with E-state index in [0.717, 1.165) is 18.0 Å². The number of likely N-dealkylation sites (N-methyl/N-ethyl adjacent to an activating group) is 1. The Bertz CT molecular complexity index is 722. The van der Waals surface area contributed by atoms with Gasteiger partial charge in [0.1, 0.15) is 11.4 Å². The minimum Gasteiger partial charge on any atom is -0.494 e. The fourth-order valence-corrected chi connectivity index (χ4v) is 4.09. The summed E-state index contributed by atoms with van der Waals surface area (Å²) in [7, 11) is 3.92. The molecule has 3 heterocycles. The molecule has 4 rings (SSSR count). The zero-order chi connectivity index (χ0) is 17.9. The molecule has 0 unspecified atom stereocenters. The van der Waals surface area contributed by atoms with Crippen molar-refractivity contribution in [1.82, 2.24) is 24.5 Å². The number of hydrogen-bond acceptors (Lipinski definition) is 5. The lowest BCUT2D eigenvalue weighted by atomic mass is 10.2. The first-order chi connectivity index (χ1) is 12.7. The summed E-state index contributed by atoms with van der Waals surface area (Å²) in [4.78, 5) is 7.67. The molecule has 6 heteroatoms. The van der Waals surface area contributed by atoms with E-state index in [1.54, 1.807) is 7.11 Å². The summed E-state index contributed by atoms with van der Waals surface area (Å²) in [5.41, 5.74) is 2.24. The van der Waals surface area contributed by atoms with Crippen molar-refractivity contribution >= 4 is 0 Å². The second kappa shape index (κ2) is 7.78. The number of hydrogen-bond donors (Lipinski definition) is 0. The number of piperazine rings is 1. The third-order valence-corrected chi connectivity index (χ3v) is 5.68. The summed E-state index contributed by atoms with van der Waals surface area (Å²) in [6.07, 6.45) is 5.39. The van der Waals surface area contributed by atoms with Gasteiger partial charge in [0, 0.05) is 63.6 Å². The largest absolute Gasteiger partial charge is 0.494 e. The van der Waals surface area contributed by atoms with E-state index in [1.807, 2.05) is 35.1 Å². The number of methoxy groups -OCH3 is 1. The molecule has 140 valence electrons. The minimum absolute atomic E-state index is 0.716. The lowest BCUT2D eigenvalue weighted by Crippen LogP contribution is -2.49. The Morgan fingerprint density at radius 1 is 1.12 bits per heavy atom. The number of aromatic nitrogens is 2. The molecule has 6 nitrogen and oxygen atoms in total. The van der Waals surface area contributed by atoms with Crippen molar-refractivity contribution in [3.05, 3.63) is 42.2 Å². The number of rotatable bonds is 5. The molecule has 2 aliphatic rings. The van der Waals surface area contributed by atoms with E-state index in [0.29, 0.717) is 6.04 Å². The second-order valence-corrected chi connectivity index (χ2v) is 7.48. The van der Waals surface area contributed by atoms with E-state index in [1.165, 1.54) is 51.3 Å². The van der Waals surface area contributed by atoms with E-state index in [-0.39, 0.29) is 0 Å². The number of nitrogens with zero attached hydrogens (tertiary/aromatic N) is 5. The Morgan fingerprint density at radius 3 is 2.73 bits per heavy atom. The molecule has 1 aromatic heterocycles. The topological polar surface area (TPSA) is 36.8 Å². The van der Waals surface area contributed by atoms with Gasteiger partial charge in [0.25, 0.3) is 0 Å². The van der Waals surface area contributed by atoms with E-state index < -0.39 is 0 Å². The average Bonchev–Trinajstić information content (AvgIpc) is 3.32. The predicted octanol–water partition coefficient (Wildman–Crippen LogP) is 1.70. The van der Waals surface area contributed by atoms with Crippen LogP contribution in [0.4, 0.5) is 0 Å².